The summed E-state index contributed by atoms with van der Waals surface area (Å²) < 4.78 is 21.5. The monoisotopic (exact) mass is 360 g/mol. The zero-order valence-corrected chi connectivity index (χ0v) is 15.2. The van der Waals surface area contributed by atoms with Gasteiger partial charge in [-0.3, -0.25) is 0 Å². The molecule has 1 aromatic heterocycles. The molecule has 8 nitrogen and oxygen atoms in total. The molecule has 8 heteroatoms. The Morgan fingerprint density at radius 2 is 1.85 bits per heavy atom. The van der Waals surface area contributed by atoms with Gasteiger partial charge in [0.15, 0.2) is 11.5 Å². The number of nitrogens with two attached hydrogens (primary N) is 1. The lowest BCUT2D eigenvalue weighted by Crippen LogP contribution is -2.09. The normalized spacial score (nSPS) is 16.3. The first-order chi connectivity index (χ1) is 12.6. The number of aromatic nitrogens is 2. The number of benzene rings is 1. The van der Waals surface area contributed by atoms with E-state index in [1.165, 1.54) is 0 Å². The smallest absolute Gasteiger partial charge is 0.222 e. The largest absolute Gasteiger partial charge is 0.493 e. The summed E-state index contributed by atoms with van der Waals surface area (Å²) in [5.74, 6) is 2.97. The molecule has 2 aromatic rings. The Balaban J connectivity index is 1.78. The Morgan fingerprint density at radius 3 is 2.42 bits per heavy atom. The SMILES string of the molecule is COc1cc(CNc2cc([C@H]3CCOC3)nc(N)n2)cc(OC)c1OC. The first-order valence-electron chi connectivity index (χ1n) is 8.39. The standard InChI is InChI=1S/C18H24N4O4/c1-23-14-6-11(7-15(24-2)17(14)25-3)9-20-16-8-13(21-18(19)22-16)12-4-5-26-10-12/h6-8,12H,4-5,9-10H2,1-3H3,(H3,19,20,21,22)/t12-/m0/s1. The van der Waals surface area contributed by atoms with Crippen molar-refractivity contribution in [1.82, 2.24) is 9.97 Å². The van der Waals surface area contributed by atoms with Crippen molar-refractivity contribution in [1.29, 1.82) is 0 Å². The zero-order chi connectivity index (χ0) is 18.5. The second kappa shape index (κ2) is 8.09. The number of hydrogen-bond donors (Lipinski definition) is 2. The van der Waals surface area contributed by atoms with E-state index in [0.717, 1.165) is 24.3 Å². The maximum atomic E-state index is 5.87. The van der Waals surface area contributed by atoms with Gasteiger partial charge >= 0.3 is 0 Å². The van der Waals surface area contributed by atoms with E-state index in [2.05, 4.69) is 15.3 Å². The third-order valence-corrected chi connectivity index (χ3v) is 4.31. The minimum atomic E-state index is 0.252. The molecule has 0 radical (unpaired) electrons. The van der Waals surface area contributed by atoms with Crippen LogP contribution in [0.15, 0.2) is 18.2 Å². The number of anilines is 2. The van der Waals surface area contributed by atoms with Crippen LogP contribution in [-0.4, -0.2) is 44.5 Å². The molecule has 1 aromatic carbocycles. The van der Waals surface area contributed by atoms with Crippen molar-refractivity contribution in [3.8, 4) is 17.2 Å². The second-order valence-corrected chi connectivity index (χ2v) is 5.98. The molecule has 26 heavy (non-hydrogen) atoms. The maximum absolute atomic E-state index is 5.87. The van der Waals surface area contributed by atoms with Crippen molar-refractivity contribution in [2.45, 2.75) is 18.9 Å². The van der Waals surface area contributed by atoms with Crippen LogP contribution >= 0.6 is 0 Å². The van der Waals surface area contributed by atoms with E-state index >= 15 is 0 Å². The number of nitrogens with zero attached hydrogens (tertiary/aromatic N) is 2. The summed E-state index contributed by atoms with van der Waals surface area (Å²) in [6.45, 7) is 1.94. The van der Waals surface area contributed by atoms with Crippen LogP contribution in [0.1, 0.15) is 23.6 Å². The molecule has 0 bridgehead atoms. The summed E-state index contributed by atoms with van der Waals surface area (Å²) in [5.41, 5.74) is 7.73. The van der Waals surface area contributed by atoms with Gasteiger partial charge in [0.25, 0.3) is 0 Å². The Morgan fingerprint density at radius 1 is 1.12 bits per heavy atom. The fourth-order valence-corrected chi connectivity index (χ4v) is 2.98. The van der Waals surface area contributed by atoms with Gasteiger partial charge in [0.05, 0.1) is 33.6 Å². The summed E-state index contributed by atoms with van der Waals surface area (Å²) in [6, 6.07) is 5.71. The first-order valence-corrected chi connectivity index (χ1v) is 8.39. The highest BCUT2D eigenvalue weighted by molar-refractivity contribution is 5.54. The van der Waals surface area contributed by atoms with E-state index in [-0.39, 0.29) is 11.9 Å². The molecule has 1 aliphatic rings. The van der Waals surface area contributed by atoms with Crippen LogP contribution in [0, 0.1) is 0 Å². The van der Waals surface area contributed by atoms with Gasteiger partial charge in [0.1, 0.15) is 5.82 Å². The molecule has 1 aliphatic heterocycles. The van der Waals surface area contributed by atoms with E-state index in [4.69, 9.17) is 24.7 Å². The number of hydrogen-bond acceptors (Lipinski definition) is 8. The summed E-state index contributed by atoms with van der Waals surface area (Å²) in [7, 11) is 4.77. The van der Waals surface area contributed by atoms with Crippen molar-refractivity contribution in [2.75, 3.05) is 45.6 Å². The second-order valence-electron chi connectivity index (χ2n) is 5.98. The molecule has 1 saturated heterocycles. The number of ether oxygens (including phenoxy) is 4. The Labute approximate surface area is 152 Å². The van der Waals surface area contributed by atoms with Crippen molar-refractivity contribution in [3.63, 3.8) is 0 Å². The predicted octanol–water partition coefficient (Wildman–Crippen LogP) is 2.20. The first kappa shape index (κ1) is 18.1. The Hall–Kier alpha value is -2.74. The van der Waals surface area contributed by atoms with Crippen LogP contribution in [-0.2, 0) is 11.3 Å². The Kier molecular flexibility index (Phi) is 5.62. The summed E-state index contributed by atoms with van der Waals surface area (Å²) >= 11 is 0. The van der Waals surface area contributed by atoms with Gasteiger partial charge in [0, 0.05) is 25.1 Å². The number of nitrogens with one attached hydrogen (secondary N) is 1. The van der Waals surface area contributed by atoms with Gasteiger partial charge in [0.2, 0.25) is 11.7 Å². The molecule has 0 amide bonds. The van der Waals surface area contributed by atoms with Crippen LogP contribution in [0.4, 0.5) is 11.8 Å². The summed E-state index contributed by atoms with van der Waals surface area (Å²) in [6.07, 6.45) is 0.947. The predicted molar refractivity (Wildman–Crippen MR) is 98.0 cm³/mol. The van der Waals surface area contributed by atoms with Crippen molar-refractivity contribution in [3.05, 3.63) is 29.5 Å². The van der Waals surface area contributed by atoms with E-state index in [0.29, 0.717) is 36.2 Å². The lowest BCUT2D eigenvalue weighted by molar-refractivity contribution is 0.193. The fraction of sp³-hybridized carbons (Fsp3) is 0.444. The number of nitrogen functional groups attached to an aromatic ring is 1. The van der Waals surface area contributed by atoms with E-state index in [9.17, 15) is 0 Å². The van der Waals surface area contributed by atoms with Crippen LogP contribution in [0.5, 0.6) is 17.2 Å². The molecule has 0 spiro atoms. The van der Waals surface area contributed by atoms with E-state index in [1.54, 1.807) is 21.3 Å². The average molecular weight is 360 g/mol. The highest BCUT2D eigenvalue weighted by Crippen LogP contribution is 2.38. The van der Waals surface area contributed by atoms with Crippen LogP contribution in [0.2, 0.25) is 0 Å². The lowest BCUT2D eigenvalue weighted by atomic mass is 10.0. The fourth-order valence-electron chi connectivity index (χ4n) is 2.98. The van der Waals surface area contributed by atoms with Crippen LogP contribution in [0.25, 0.3) is 0 Å². The van der Waals surface area contributed by atoms with Gasteiger partial charge < -0.3 is 30.0 Å². The average Bonchev–Trinajstić information content (AvgIpc) is 3.19. The molecule has 3 rings (SSSR count). The summed E-state index contributed by atoms with van der Waals surface area (Å²) in [5, 5.41) is 3.28. The van der Waals surface area contributed by atoms with Gasteiger partial charge in [-0.25, -0.2) is 4.98 Å². The molecule has 0 aliphatic carbocycles. The topological polar surface area (TPSA) is 101 Å². The van der Waals surface area contributed by atoms with E-state index in [1.807, 2.05) is 18.2 Å². The third kappa shape index (κ3) is 3.91. The molecule has 1 fully saturated rings. The van der Waals surface area contributed by atoms with Gasteiger partial charge in [-0.1, -0.05) is 0 Å². The van der Waals surface area contributed by atoms with Gasteiger partial charge in [-0.05, 0) is 24.1 Å². The molecule has 0 unspecified atom stereocenters. The summed E-state index contributed by atoms with van der Waals surface area (Å²) in [4.78, 5) is 8.61. The van der Waals surface area contributed by atoms with E-state index < -0.39 is 0 Å². The molecule has 2 heterocycles. The number of rotatable bonds is 7. The van der Waals surface area contributed by atoms with Gasteiger partial charge in [-0.15, -0.1) is 0 Å². The van der Waals surface area contributed by atoms with Crippen molar-refractivity contribution >= 4 is 11.8 Å². The molecule has 3 N–H and O–H groups in total. The molecule has 1 atom stereocenters. The Bertz CT molecular complexity index is 738. The minimum absolute atomic E-state index is 0.252. The number of methoxy groups -OCH3 is 3. The van der Waals surface area contributed by atoms with Crippen molar-refractivity contribution < 1.29 is 18.9 Å². The van der Waals surface area contributed by atoms with Gasteiger partial charge in [-0.2, -0.15) is 4.98 Å². The minimum Gasteiger partial charge on any atom is -0.493 e. The molecule has 140 valence electrons. The van der Waals surface area contributed by atoms with Crippen LogP contribution < -0.4 is 25.3 Å². The highest BCUT2D eigenvalue weighted by atomic mass is 16.5. The highest BCUT2D eigenvalue weighted by Gasteiger charge is 2.20. The van der Waals surface area contributed by atoms with Crippen LogP contribution in [0.3, 0.4) is 0 Å². The lowest BCUT2D eigenvalue weighted by Gasteiger charge is -2.15. The maximum Gasteiger partial charge on any atom is 0.222 e. The zero-order valence-electron chi connectivity index (χ0n) is 15.2. The van der Waals surface area contributed by atoms with Crippen molar-refractivity contribution in [2.24, 2.45) is 0 Å². The third-order valence-electron chi connectivity index (χ3n) is 4.31. The molecular formula is C18H24N4O4. The quantitative estimate of drug-likeness (QED) is 0.775. The molecular weight excluding hydrogens is 336 g/mol. The molecule has 0 saturated carbocycles.